The third-order valence-corrected chi connectivity index (χ3v) is 0. The third kappa shape index (κ3) is 44.7. The molecule has 0 fully saturated rings. The van der Waals surface area contributed by atoms with Gasteiger partial charge in [0.2, 0.25) is 0 Å². The maximum atomic E-state index is 0. The van der Waals surface area contributed by atoms with E-state index >= 15 is 0 Å². The second kappa shape index (κ2) is 57.6. The summed E-state index contributed by atoms with van der Waals surface area (Å²) in [5.41, 5.74) is 0. The molecule has 0 saturated heterocycles. The molecule has 7 heteroatoms. The maximum Gasteiger partial charge on any atom is 2.00 e. The van der Waals surface area contributed by atoms with E-state index in [1.165, 1.54) is 0 Å². The molecule has 0 rings (SSSR count). The molecule has 0 amide bonds. The summed E-state index contributed by atoms with van der Waals surface area (Å²) in [6.07, 6.45) is 0. The summed E-state index contributed by atoms with van der Waals surface area (Å²) < 4.78 is 0. The van der Waals surface area contributed by atoms with Crippen LogP contribution in [0.25, 0.3) is 0 Å². The molecule has 0 spiro atoms. The molecule has 0 saturated carbocycles. The van der Waals surface area contributed by atoms with E-state index in [1.54, 1.807) is 0 Å². The van der Waals surface area contributed by atoms with Crippen molar-refractivity contribution in [2.45, 2.75) is 0 Å². The first kappa shape index (κ1) is 79.9. The van der Waals surface area contributed by atoms with Gasteiger partial charge < -0.3 is 49.6 Å². The molecule has 0 aliphatic rings. The summed E-state index contributed by atoms with van der Waals surface area (Å²) in [4.78, 5) is 0. The molecule has 0 nitrogen and oxygen atoms in total. The Morgan fingerprint density at radius 1 is 0.429 bits per heavy atom. The molecule has 7 heavy (non-hydrogen) atoms. The molecule has 0 atom stereocenters. The zero-order chi connectivity index (χ0) is 0. The van der Waals surface area contributed by atoms with Gasteiger partial charge >= 0.3 is 67.2 Å². The Bertz CT molecular complexity index is 9.65. The Morgan fingerprint density at radius 2 is 0.429 bits per heavy atom. The standard InChI is InChI=1S/4ClH.2Mg.Pt/h4*1H;;;/q;;;;3*+2/p-4. The van der Waals surface area contributed by atoms with E-state index in [0.29, 0.717) is 0 Å². The van der Waals surface area contributed by atoms with Gasteiger partial charge in [0.05, 0.1) is 0 Å². The Hall–Kier alpha value is 3.38. The molecule has 0 aromatic heterocycles. The summed E-state index contributed by atoms with van der Waals surface area (Å²) >= 11 is 0. The number of halogens is 4. The summed E-state index contributed by atoms with van der Waals surface area (Å²) in [6.45, 7) is 0. The van der Waals surface area contributed by atoms with Gasteiger partial charge in [0.1, 0.15) is 0 Å². The fourth-order valence-electron chi connectivity index (χ4n) is 0. The molecule has 0 N–H and O–H groups in total. The van der Waals surface area contributed by atoms with Crippen LogP contribution in [0.5, 0.6) is 0 Å². The van der Waals surface area contributed by atoms with Crippen molar-refractivity contribution in [1.82, 2.24) is 0 Å². The second-order valence-electron chi connectivity index (χ2n) is 0. The summed E-state index contributed by atoms with van der Waals surface area (Å²) in [6, 6.07) is 0. The van der Waals surface area contributed by atoms with Crippen molar-refractivity contribution in [2.75, 3.05) is 0 Å². The number of hydrogen-bond donors (Lipinski definition) is 0. The van der Waals surface area contributed by atoms with Gasteiger partial charge in [0.25, 0.3) is 0 Å². The molecule has 0 bridgehead atoms. The molecule has 0 radical (unpaired) electrons. The van der Waals surface area contributed by atoms with Crippen LogP contribution in [0, 0.1) is 0 Å². The van der Waals surface area contributed by atoms with E-state index < -0.39 is 0 Å². The Labute approximate surface area is 115 Å². The van der Waals surface area contributed by atoms with E-state index in [-0.39, 0.29) is 117 Å². The fourth-order valence-corrected chi connectivity index (χ4v) is 0. The predicted molar refractivity (Wildman–Crippen MR) is 11.5 cm³/mol. The normalized spacial score (nSPS) is 0. The van der Waals surface area contributed by atoms with Crippen LogP contribution in [-0.2, 0) is 21.1 Å². The van der Waals surface area contributed by atoms with E-state index in [2.05, 4.69) is 0 Å². The minimum absolute atomic E-state index is 0. The smallest absolute Gasteiger partial charge is 1.00 e. The first-order chi connectivity index (χ1) is 0. The van der Waals surface area contributed by atoms with Gasteiger partial charge in [-0.2, -0.15) is 0 Å². The van der Waals surface area contributed by atoms with Gasteiger partial charge in [-0.25, -0.2) is 0 Å². The van der Waals surface area contributed by atoms with Crippen LogP contribution in [0.1, 0.15) is 0 Å². The quantitative estimate of drug-likeness (QED) is 0.364. The third-order valence-electron chi connectivity index (χ3n) is 0. The second-order valence-corrected chi connectivity index (χ2v) is 0. The van der Waals surface area contributed by atoms with E-state index in [9.17, 15) is 0 Å². The van der Waals surface area contributed by atoms with Crippen LogP contribution < -0.4 is 49.6 Å². The van der Waals surface area contributed by atoms with Crippen molar-refractivity contribution in [3.05, 3.63) is 0 Å². The molecular formula is Cl4Mg2Pt+2. The molecule has 0 aromatic rings. The van der Waals surface area contributed by atoms with Gasteiger partial charge in [-0.15, -0.1) is 0 Å². The van der Waals surface area contributed by atoms with Crippen LogP contribution in [-0.4, -0.2) is 46.1 Å². The van der Waals surface area contributed by atoms with Crippen LogP contribution >= 0.6 is 0 Å². The van der Waals surface area contributed by atoms with Crippen LogP contribution in [0.4, 0.5) is 0 Å². The molecule has 0 aliphatic carbocycles. The number of hydrogen-bond acceptors (Lipinski definition) is 0. The van der Waals surface area contributed by atoms with Gasteiger partial charge in [-0.1, -0.05) is 0 Å². The van der Waals surface area contributed by atoms with Gasteiger partial charge in [0, 0.05) is 0 Å². The van der Waals surface area contributed by atoms with Crippen molar-refractivity contribution >= 4 is 46.1 Å². The van der Waals surface area contributed by atoms with Crippen LogP contribution in [0.3, 0.4) is 0 Å². The summed E-state index contributed by atoms with van der Waals surface area (Å²) in [7, 11) is 0. The first-order valence-electron chi connectivity index (χ1n) is 0. The zero-order valence-corrected chi connectivity index (χ0v) is 11.4. The minimum atomic E-state index is 0. The Kier molecular flexibility index (Phi) is 658. The Balaban J connectivity index is 0. The average Bonchev–Trinajstić information content (AvgIpc) is 0. The molecule has 0 aromatic carbocycles. The number of rotatable bonds is 0. The van der Waals surface area contributed by atoms with Crippen molar-refractivity contribution in [2.24, 2.45) is 0 Å². The molecular weight excluding hydrogens is 386 g/mol. The fraction of sp³-hybridized carbons (Fsp3) is 0. The van der Waals surface area contributed by atoms with Crippen LogP contribution in [0.15, 0.2) is 0 Å². The largest absolute Gasteiger partial charge is 2.00 e. The van der Waals surface area contributed by atoms with E-state index in [0.717, 1.165) is 0 Å². The Morgan fingerprint density at radius 3 is 0.429 bits per heavy atom. The molecule has 0 heterocycles. The molecule has 40 valence electrons. The average molecular weight is 386 g/mol. The van der Waals surface area contributed by atoms with Gasteiger partial charge in [0.15, 0.2) is 0 Å². The summed E-state index contributed by atoms with van der Waals surface area (Å²) in [5, 5.41) is 0. The zero-order valence-electron chi connectivity index (χ0n) is 3.24. The predicted octanol–water partition coefficient (Wildman–Crippen LogP) is -12.7. The minimum Gasteiger partial charge on any atom is -1.00 e. The van der Waals surface area contributed by atoms with Gasteiger partial charge in [-0.05, 0) is 0 Å². The monoisotopic (exact) mass is 383 g/mol. The molecule has 0 aliphatic heterocycles. The van der Waals surface area contributed by atoms with E-state index in [1.807, 2.05) is 0 Å². The van der Waals surface area contributed by atoms with Crippen molar-refractivity contribution in [3.8, 4) is 0 Å². The van der Waals surface area contributed by atoms with Gasteiger partial charge in [-0.3, -0.25) is 0 Å². The first-order valence-corrected chi connectivity index (χ1v) is 0. The topological polar surface area (TPSA) is 0 Å². The molecule has 0 unspecified atom stereocenters. The van der Waals surface area contributed by atoms with Crippen LogP contribution in [0.2, 0.25) is 0 Å². The summed E-state index contributed by atoms with van der Waals surface area (Å²) in [5.74, 6) is 0. The van der Waals surface area contributed by atoms with Crippen molar-refractivity contribution < 1.29 is 70.7 Å². The van der Waals surface area contributed by atoms with Crippen molar-refractivity contribution in [3.63, 3.8) is 0 Å². The van der Waals surface area contributed by atoms with Crippen molar-refractivity contribution in [1.29, 1.82) is 0 Å². The SMILES string of the molecule is [Cl-].[Cl-].[Cl-].[Cl-].[Mg+2].[Mg+2].[Pt+2]. The maximum absolute atomic E-state index is 0. The van der Waals surface area contributed by atoms with E-state index in [4.69, 9.17) is 0 Å².